The molecule has 0 saturated heterocycles. The maximum absolute atomic E-state index is 5.54. The standard InChI is InChI=1S/C10H16N4S2/c1-15-4-2-8(13-11)6-9-7-14-3-5-16-10(14)12-9/h3,5,7-8,13H,2,4,6,11H2,1H3. The van der Waals surface area contributed by atoms with E-state index in [4.69, 9.17) is 5.84 Å². The Balaban J connectivity index is 1.99. The number of thiazole rings is 1. The zero-order valence-corrected chi connectivity index (χ0v) is 10.9. The molecule has 0 aromatic carbocycles. The lowest BCUT2D eigenvalue weighted by Crippen LogP contribution is -2.37. The highest BCUT2D eigenvalue weighted by molar-refractivity contribution is 7.98. The number of aromatic nitrogens is 2. The number of fused-ring (bicyclic) bond motifs is 1. The molecule has 0 aliphatic heterocycles. The Kier molecular flexibility index (Phi) is 4.22. The third-order valence-corrected chi connectivity index (χ3v) is 3.92. The SMILES string of the molecule is CSCCC(Cc1cn2ccsc2n1)NN. The predicted octanol–water partition coefficient (Wildman–Crippen LogP) is 1.52. The summed E-state index contributed by atoms with van der Waals surface area (Å²) in [7, 11) is 0. The van der Waals surface area contributed by atoms with E-state index in [-0.39, 0.29) is 0 Å². The molecule has 2 aromatic heterocycles. The van der Waals surface area contributed by atoms with Gasteiger partial charge in [-0.05, 0) is 18.4 Å². The lowest BCUT2D eigenvalue weighted by molar-refractivity contribution is 0.510. The Hall–Kier alpha value is -0.560. The van der Waals surface area contributed by atoms with E-state index >= 15 is 0 Å². The lowest BCUT2D eigenvalue weighted by atomic mass is 10.1. The van der Waals surface area contributed by atoms with Gasteiger partial charge in [0.1, 0.15) is 0 Å². The molecule has 2 aromatic rings. The minimum absolute atomic E-state index is 0.317. The molecule has 1 atom stereocenters. The molecule has 16 heavy (non-hydrogen) atoms. The average Bonchev–Trinajstić information content (AvgIpc) is 2.84. The number of thioether (sulfide) groups is 1. The summed E-state index contributed by atoms with van der Waals surface area (Å²) in [5.74, 6) is 6.66. The van der Waals surface area contributed by atoms with Gasteiger partial charge in [-0.2, -0.15) is 11.8 Å². The van der Waals surface area contributed by atoms with E-state index in [9.17, 15) is 0 Å². The number of nitrogens with one attached hydrogen (secondary N) is 1. The second kappa shape index (κ2) is 5.67. The zero-order valence-electron chi connectivity index (χ0n) is 9.22. The molecule has 0 aliphatic rings. The fourth-order valence-corrected chi connectivity index (χ4v) is 2.87. The first kappa shape index (κ1) is 11.9. The van der Waals surface area contributed by atoms with Crippen LogP contribution in [0.2, 0.25) is 0 Å². The van der Waals surface area contributed by atoms with Crippen molar-refractivity contribution in [1.29, 1.82) is 0 Å². The summed E-state index contributed by atoms with van der Waals surface area (Å²) in [5.41, 5.74) is 3.97. The van der Waals surface area contributed by atoms with Gasteiger partial charge in [-0.15, -0.1) is 11.3 Å². The van der Waals surface area contributed by atoms with Crippen LogP contribution in [0.3, 0.4) is 0 Å². The highest BCUT2D eigenvalue weighted by Gasteiger charge is 2.10. The monoisotopic (exact) mass is 256 g/mol. The van der Waals surface area contributed by atoms with E-state index in [1.807, 2.05) is 23.3 Å². The van der Waals surface area contributed by atoms with Gasteiger partial charge < -0.3 is 0 Å². The normalized spacial score (nSPS) is 13.4. The first-order chi connectivity index (χ1) is 7.83. The number of nitrogens with zero attached hydrogens (tertiary/aromatic N) is 2. The van der Waals surface area contributed by atoms with Crippen LogP contribution in [0.5, 0.6) is 0 Å². The Morgan fingerprint density at radius 3 is 3.25 bits per heavy atom. The largest absolute Gasteiger partial charge is 0.297 e. The number of rotatable bonds is 6. The quantitative estimate of drug-likeness (QED) is 0.608. The first-order valence-electron chi connectivity index (χ1n) is 5.19. The fourth-order valence-electron chi connectivity index (χ4n) is 1.63. The van der Waals surface area contributed by atoms with Crippen molar-refractivity contribution in [1.82, 2.24) is 14.8 Å². The first-order valence-corrected chi connectivity index (χ1v) is 7.47. The summed E-state index contributed by atoms with van der Waals surface area (Å²) in [4.78, 5) is 5.60. The van der Waals surface area contributed by atoms with Gasteiger partial charge in [-0.1, -0.05) is 0 Å². The molecule has 0 saturated carbocycles. The number of hydrazine groups is 1. The summed E-state index contributed by atoms with van der Waals surface area (Å²) in [6, 6.07) is 0.317. The molecule has 0 radical (unpaired) electrons. The van der Waals surface area contributed by atoms with Crippen LogP contribution in [-0.2, 0) is 6.42 Å². The van der Waals surface area contributed by atoms with Crippen LogP contribution in [0, 0.1) is 0 Å². The Morgan fingerprint density at radius 2 is 2.56 bits per heavy atom. The Bertz CT molecular complexity index is 408. The van der Waals surface area contributed by atoms with Crippen molar-refractivity contribution in [2.75, 3.05) is 12.0 Å². The molecule has 0 amide bonds. The van der Waals surface area contributed by atoms with Crippen LogP contribution in [0.1, 0.15) is 12.1 Å². The molecule has 0 spiro atoms. The molecular formula is C10H16N4S2. The van der Waals surface area contributed by atoms with Gasteiger partial charge in [0.25, 0.3) is 0 Å². The molecule has 0 fully saturated rings. The maximum atomic E-state index is 5.54. The molecular weight excluding hydrogens is 240 g/mol. The summed E-state index contributed by atoms with van der Waals surface area (Å²) < 4.78 is 2.06. The van der Waals surface area contributed by atoms with Crippen LogP contribution in [0.15, 0.2) is 17.8 Å². The molecule has 0 bridgehead atoms. The summed E-state index contributed by atoms with van der Waals surface area (Å²) in [5, 5.41) is 2.04. The molecule has 3 N–H and O–H groups in total. The molecule has 6 heteroatoms. The molecule has 1 unspecified atom stereocenters. The topological polar surface area (TPSA) is 55.3 Å². The second-order valence-corrected chi connectivity index (χ2v) is 5.53. The van der Waals surface area contributed by atoms with E-state index in [1.165, 1.54) is 0 Å². The number of hydrogen-bond donors (Lipinski definition) is 2. The minimum Gasteiger partial charge on any atom is -0.297 e. The van der Waals surface area contributed by atoms with Crippen molar-refractivity contribution in [3.05, 3.63) is 23.5 Å². The molecule has 2 heterocycles. The van der Waals surface area contributed by atoms with Crippen LogP contribution in [0.25, 0.3) is 4.96 Å². The average molecular weight is 256 g/mol. The van der Waals surface area contributed by atoms with E-state index in [2.05, 4.69) is 27.3 Å². The Morgan fingerprint density at radius 1 is 1.69 bits per heavy atom. The second-order valence-electron chi connectivity index (χ2n) is 3.67. The molecule has 88 valence electrons. The van der Waals surface area contributed by atoms with Crippen molar-refractivity contribution >= 4 is 28.1 Å². The molecule has 2 rings (SSSR count). The van der Waals surface area contributed by atoms with E-state index in [0.717, 1.165) is 29.2 Å². The highest BCUT2D eigenvalue weighted by Crippen LogP contribution is 2.13. The van der Waals surface area contributed by atoms with Gasteiger partial charge in [0, 0.05) is 30.2 Å². The minimum atomic E-state index is 0.317. The van der Waals surface area contributed by atoms with E-state index < -0.39 is 0 Å². The zero-order chi connectivity index (χ0) is 11.4. The Labute approximate surface area is 103 Å². The highest BCUT2D eigenvalue weighted by atomic mass is 32.2. The smallest absolute Gasteiger partial charge is 0.193 e. The van der Waals surface area contributed by atoms with Gasteiger partial charge in [0.2, 0.25) is 0 Å². The third kappa shape index (κ3) is 2.76. The number of imidazole rings is 1. The van der Waals surface area contributed by atoms with E-state index in [1.54, 1.807) is 11.3 Å². The summed E-state index contributed by atoms with van der Waals surface area (Å²) in [6.07, 6.45) is 8.19. The number of nitrogens with two attached hydrogens (primary N) is 1. The van der Waals surface area contributed by atoms with Crippen molar-refractivity contribution in [3.63, 3.8) is 0 Å². The van der Waals surface area contributed by atoms with Crippen LogP contribution < -0.4 is 11.3 Å². The van der Waals surface area contributed by atoms with Gasteiger partial charge in [-0.3, -0.25) is 15.7 Å². The maximum Gasteiger partial charge on any atom is 0.193 e. The van der Waals surface area contributed by atoms with Crippen molar-refractivity contribution < 1.29 is 0 Å². The van der Waals surface area contributed by atoms with Crippen LogP contribution in [0.4, 0.5) is 0 Å². The third-order valence-electron chi connectivity index (χ3n) is 2.50. The van der Waals surface area contributed by atoms with Crippen LogP contribution in [-0.4, -0.2) is 27.4 Å². The lowest BCUT2D eigenvalue weighted by Gasteiger charge is -2.13. The van der Waals surface area contributed by atoms with E-state index in [0.29, 0.717) is 6.04 Å². The van der Waals surface area contributed by atoms with Crippen molar-refractivity contribution in [3.8, 4) is 0 Å². The van der Waals surface area contributed by atoms with Crippen molar-refractivity contribution in [2.45, 2.75) is 18.9 Å². The van der Waals surface area contributed by atoms with Gasteiger partial charge in [0.15, 0.2) is 4.96 Å². The fraction of sp³-hybridized carbons (Fsp3) is 0.500. The van der Waals surface area contributed by atoms with Gasteiger partial charge >= 0.3 is 0 Å². The van der Waals surface area contributed by atoms with Crippen LogP contribution >= 0.6 is 23.1 Å². The van der Waals surface area contributed by atoms with Gasteiger partial charge in [0.05, 0.1) is 5.69 Å². The molecule has 4 nitrogen and oxygen atoms in total. The predicted molar refractivity (Wildman–Crippen MR) is 70.9 cm³/mol. The summed E-state index contributed by atoms with van der Waals surface area (Å²) in [6.45, 7) is 0. The van der Waals surface area contributed by atoms with Crippen molar-refractivity contribution in [2.24, 2.45) is 5.84 Å². The van der Waals surface area contributed by atoms with Gasteiger partial charge in [-0.25, -0.2) is 4.98 Å². The molecule has 0 aliphatic carbocycles. The summed E-state index contributed by atoms with van der Waals surface area (Å²) >= 11 is 3.50. The number of hydrogen-bond acceptors (Lipinski definition) is 5.